The van der Waals surface area contributed by atoms with Gasteiger partial charge in [0, 0.05) is 12.5 Å². The third-order valence-electron chi connectivity index (χ3n) is 1.23. The Kier molecular flexibility index (Phi) is 4.31. The largest absolute Gasteiger partial charge is 0.480 e. The number of carboxylic acid groups (broad SMARTS) is 1. The third kappa shape index (κ3) is 2.89. The van der Waals surface area contributed by atoms with Crippen molar-refractivity contribution in [3.63, 3.8) is 0 Å². The molecule has 0 saturated carbocycles. The minimum Gasteiger partial charge on any atom is -0.480 e. The first kappa shape index (κ1) is 10.9. The van der Waals surface area contributed by atoms with E-state index in [4.69, 9.17) is 10.8 Å². The van der Waals surface area contributed by atoms with Crippen LogP contribution >= 0.6 is 12.4 Å². The molecule has 0 aromatic carbocycles. The molecule has 1 aromatic heterocycles. The highest BCUT2D eigenvalue weighted by Gasteiger charge is 2.13. The Labute approximate surface area is 74.9 Å². The fourth-order valence-electron chi connectivity index (χ4n) is 0.651. The fourth-order valence-corrected chi connectivity index (χ4v) is 0.651. The van der Waals surface area contributed by atoms with E-state index in [0.717, 1.165) is 0 Å². The van der Waals surface area contributed by atoms with Gasteiger partial charge < -0.3 is 15.4 Å². The normalized spacial score (nSPS) is 11.8. The highest BCUT2D eigenvalue weighted by molar-refractivity contribution is 5.85. The van der Waals surface area contributed by atoms with Crippen LogP contribution in [0.4, 0.5) is 0 Å². The van der Waals surface area contributed by atoms with E-state index in [1.807, 2.05) is 0 Å². The van der Waals surface area contributed by atoms with Crippen LogP contribution in [-0.4, -0.2) is 22.3 Å². The van der Waals surface area contributed by atoms with Crippen molar-refractivity contribution >= 4 is 18.4 Å². The number of rotatable bonds is 3. The molecule has 12 heavy (non-hydrogen) atoms. The number of nitrogens with two attached hydrogens (primary N) is 1. The molecule has 0 amide bonds. The maximum atomic E-state index is 10.2. The van der Waals surface area contributed by atoms with E-state index < -0.39 is 12.0 Å². The van der Waals surface area contributed by atoms with Crippen LogP contribution in [0.15, 0.2) is 16.8 Å². The minimum absolute atomic E-state index is 0. The van der Waals surface area contributed by atoms with E-state index in [-0.39, 0.29) is 18.8 Å². The van der Waals surface area contributed by atoms with Crippen LogP contribution in [0, 0.1) is 0 Å². The van der Waals surface area contributed by atoms with Gasteiger partial charge in [0.05, 0.1) is 6.20 Å². The summed E-state index contributed by atoms with van der Waals surface area (Å²) in [4.78, 5) is 10.2. The Morgan fingerprint density at radius 1 is 1.83 bits per heavy atom. The second-order valence-corrected chi connectivity index (χ2v) is 2.13. The Hall–Kier alpha value is -1.07. The molecule has 0 unspecified atom stereocenters. The predicted molar refractivity (Wildman–Crippen MR) is 43.1 cm³/mol. The van der Waals surface area contributed by atoms with Crippen molar-refractivity contribution in [1.82, 2.24) is 5.16 Å². The zero-order valence-electron chi connectivity index (χ0n) is 6.14. The number of carbonyl (C=O) groups is 1. The molecule has 0 radical (unpaired) electrons. The van der Waals surface area contributed by atoms with E-state index in [1.165, 1.54) is 6.20 Å². The summed E-state index contributed by atoms with van der Waals surface area (Å²) in [6.45, 7) is 0. The van der Waals surface area contributed by atoms with Crippen molar-refractivity contribution in [2.24, 2.45) is 5.73 Å². The van der Waals surface area contributed by atoms with Crippen LogP contribution in [0.3, 0.4) is 0 Å². The first-order valence-corrected chi connectivity index (χ1v) is 3.08. The van der Waals surface area contributed by atoms with Gasteiger partial charge in [-0.25, -0.2) is 0 Å². The Morgan fingerprint density at radius 2 is 2.50 bits per heavy atom. The summed E-state index contributed by atoms with van der Waals surface area (Å²) in [5.41, 5.74) is 5.22. The molecule has 0 saturated heterocycles. The van der Waals surface area contributed by atoms with Crippen molar-refractivity contribution in [3.05, 3.63) is 18.0 Å². The zero-order chi connectivity index (χ0) is 8.27. The molecule has 1 aromatic rings. The molecule has 0 fully saturated rings. The summed E-state index contributed by atoms with van der Waals surface area (Å²) in [5, 5.41) is 11.8. The summed E-state index contributed by atoms with van der Waals surface area (Å²) < 4.78 is 4.66. The van der Waals surface area contributed by atoms with Gasteiger partial charge in [0.25, 0.3) is 0 Å². The predicted octanol–water partition coefficient (Wildman–Crippen LogP) is 0.0508. The third-order valence-corrected chi connectivity index (χ3v) is 1.23. The summed E-state index contributed by atoms with van der Waals surface area (Å²) >= 11 is 0. The molecule has 1 rings (SSSR count). The van der Waals surface area contributed by atoms with Gasteiger partial charge in [-0.05, 0) is 0 Å². The van der Waals surface area contributed by atoms with Crippen LogP contribution in [0.2, 0.25) is 0 Å². The molecular formula is C6H9ClN2O3. The van der Waals surface area contributed by atoms with Crippen LogP contribution in [0.1, 0.15) is 5.76 Å². The highest BCUT2D eigenvalue weighted by atomic mass is 35.5. The second kappa shape index (κ2) is 4.74. The maximum absolute atomic E-state index is 10.2. The smallest absolute Gasteiger partial charge is 0.320 e. The van der Waals surface area contributed by atoms with Crippen molar-refractivity contribution in [3.8, 4) is 0 Å². The molecule has 0 aliphatic rings. The van der Waals surface area contributed by atoms with Crippen molar-refractivity contribution in [2.75, 3.05) is 0 Å². The average Bonchev–Trinajstić information content (AvgIpc) is 2.39. The highest BCUT2D eigenvalue weighted by Crippen LogP contribution is 1.99. The molecule has 0 aliphatic carbocycles. The van der Waals surface area contributed by atoms with Crippen LogP contribution < -0.4 is 5.73 Å². The quantitative estimate of drug-likeness (QED) is 0.707. The Balaban J connectivity index is 0.00000121. The molecule has 1 heterocycles. The first-order chi connectivity index (χ1) is 5.20. The van der Waals surface area contributed by atoms with Gasteiger partial charge in [-0.15, -0.1) is 12.4 Å². The van der Waals surface area contributed by atoms with Gasteiger partial charge in [-0.2, -0.15) is 0 Å². The van der Waals surface area contributed by atoms with Gasteiger partial charge in [0.15, 0.2) is 0 Å². The number of carboxylic acids is 1. The van der Waals surface area contributed by atoms with Gasteiger partial charge >= 0.3 is 5.97 Å². The minimum atomic E-state index is -1.04. The van der Waals surface area contributed by atoms with E-state index in [1.54, 1.807) is 6.07 Å². The van der Waals surface area contributed by atoms with Gasteiger partial charge in [0.2, 0.25) is 0 Å². The van der Waals surface area contributed by atoms with E-state index in [9.17, 15) is 4.79 Å². The lowest BCUT2D eigenvalue weighted by Crippen LogP contribution is -2.32. The monoisotopic (exact) mass is 192 g/mol. The van der Waals surface area contributed by atoms with Crippen molar-refractivity contribution in [1.29, 1.82) is 0 Å². The van der Waals surface area contributed by atoms with E-state index in [2.05, 4.69) is 9.68 Å². The van der Waals surface area contributed by atoms with Crippen molar-refractivity contribution in [2.45, 2.75) is 12.5 Å². The molecule has 1 atom stereocenters. The molecule has 6 heteroatoms. The number of hydrogen-bond donors (Lipinski definition) is 2. The summed E-state index contributed by atoms with van der Waals surface area (Å²) in [6.07, 6.45) is 1.62. The lowest BCUT2D eigenvalue weighted by molar-refractivity contribution is -0.138. The lowest BCUT2D eigenvalue weighted by atomic mass is 10.2. The molecule has 0 spiro atoms. The van der Waals surface area contributed by atoms with Gasteiger partial charge in [-0.3, -0.25) is 4.79 Å². The maximum Gasteiger partial charge on any atom is 0.320 e. The SMILES string of the molecule is Cl.N[C@@H](Cc1ccno1)C(=O)O. The first-order valence-electron chi connectivity index (χ1n) is 3.08. The fraction of sp³-hybridized carbons (Fsp3) is 0.333. The number of aliphatic carboxylic acids is 1. The Morgan fingerprint density at radius 3 is 2.92 bits per heavy atom. The van der Waals surface area contributed by atoms with Gasteiger partial charge in [0.1, 0.15) is 11.8 Å². The number of aromatic nitrogens is 1. The Bertz CT molecular complexity index is 237. The van der Waals surface area contributed by atoms with Crippen molar-refractivity contribution < 1.29 is 14.4 Å². The van der Waals surface area contributed by atoms with Crippen LogP contribution in [0.25, 0.3) is 0 Å². The summed E-state index contributed by atoms with van der Waals surface area (Å²) in [5.74, 6) is -0.554. The number of hydrogen-bond acceptors (Lipinski definition) is 4. The second-order valence-electron chi connectivity index (χ2n) is 2.13. The molecular weight excluding hydrogens is 184 g/mol. The molecule has 0 bridgehead atoms. The number of nitrogens with zero attached hydrogens (tertiary/aromatic N) is 1. The summed E-state index contributed by atoms with van der Waals surface area (Å²) in [6, 6.07) is 0.672. The molecule has 68 valence electrons. The topological polar surface area (TPSA) is 89.4 Å². The van der Waals surface area contributed by atoms with Crippen LogP contribution in [0.5, 0.6) is 0 Å². The van der Waals surface area contributed by atoms with Crippen LogP contribution in [-0.2, 0) is 11.2 Å². The average molecular weight is 193 g/mol. The molecule has 0 aliphatic heterocycles. The van der Waals surface area contributed by atoms with E-state index >= 15 is 0 Å². The van der Waals surface area contributed by atoms with Gasteiger partial charge in [-0.1, -0.05) is 5.16 Å². The lowest BCUT2D eigenvalue weighted by Gasteiger charge is -2.00. The zero-order valence-corrected chi connectivity index (χ0v) is 6.95. The molecule has 3 N–H and O–H groups in total. The van der Waals surface area contributed by atoms with E-state index in [0.29, 0.717) is 5.76 Å². The number of halogens is 1. The standard InChI is InChI=1S/C6H8N2O3.ClH/c7-5(6(9)10)3-4-1-2-8-11-4;/h1-2,5H,3,7H2,(H,9,10);1H/t5-;/m0./s1. The summed E-state index contributed by atoms with van der Waals surface area (Å²) in [7, 11) is 0. The molecule has 5 nitrogen and oxygen atoms in total.